The Hall–Kier alpha value is -0.120. The first-order chi connectivity index (χ1) is 8.33. The molecule has 2 atom stereocenters. The van der Waals surface area contributed by atoms with Crippen molar-refractivity contribution < 1.29 is 4.74 Å². The zero-order valence-corrected chi connectivity index (χ0v) is 11.0. The first-order valence-electron chi connectivity index (χ1n) is 7.41. The van der Waals surface area contributed by atoms with Crippen LogP contribution >= 0.6 is 0 Å². The second kappa shape index (κ2) is 5.25. The summed E-state index contributed by atoms with van der Waals surface area (Å²) in [7, 11) is 0. The Morgan fingerprint density at radius 2 is 1.88 bits per heavy atom. The van der Waals surface area contributed by atoms with Crippen molar-refractivity contribution in [2.75, 3.05) is 26.3 Å². The lowest BCUT2D eigenvalue weighted by Crippen LogP contribution is -2.44. The predicted molar refractivity (Wildman–Crippen MR) is 69.1 cm³/mol. The molecule has 0 aromatic carbocycles. The highest BCUT2D eigenvalue weighted by Crippen LogP contribution is 2.30. The summed E-state index contributed by atoms with van der Waals surface area (Å²) in [6.45, 7) is 6.92. The van der Waals surface area contributed by atoms with Crippen LogP contribution in [-0.4, -0.2) is 49.3 Å². The molecule has 0 bridgehead atoms. The van der Waals surface area contributed by atoms with Gasteiger partial charge in [0, 0.05) is 44.4 Å². The van der Waals surface area contributed by atoms with Crippen molar-refractivity contribution in [3.63, 3.8) is 0 Å². The third-order valence-corrected chi connectivity index (χ3v) is 4.75. The van der Waals surface area contributed by atoms with Gasteiger partial charge < -0.3 is 10.1 Å². The molecule has 3 aliphatic rings. The molecular weight excluding hydrogens is 212 g/mol. The summed E-state index contributed by atoms with van der Waals surface area (Å²) in [5, 5.41) is 3.86. The number of ether oxygens (including phenoxy) is 1. The fourth-order valence-electron chi connectivity index (χ4n) is 3.42. The van der Waals surface area contributed by atoms with E-state index in [4.69, 9.17) is 4.74 Å². The standard InChI is InChI=1S/C14H26N2O/c1-11(12-5-8-17-9-6-12)15-13-4-7-16(10-13)14-2-3-14/h11-15H,2-10H2,1H3. The van der Waals surface area contributed by atoms with E-state index in [1.165, 1.54) is 45.2 Å². The van der Waals surface area contributed by atoms with Crippen LogP contribution in [0.15, 0.2) is 0 Å². The first-order valence-corrected chi connectivity index (χ1v) is 7.41. The maximum atomic E-state index is 5.44. The Kier molecular flexibility index (Phi) is 3.69. The van der Waals surface area contributed by atoms with Gasteiger partial charge in [-0.05, 0) is 44.9 Å². The molecule has 0 spiro atoms. The van der Waals surface area contributed by atoms with E-state index in [1.54, 1.807) is 0 Å². The Morgan fingerprint density at radius 1 is 1.12 bits per heavy atom. The van der Waals surface area contributed by atoms with Crippen molar-refractivity contribution in [2.24, 2.45) is 5.92 Å². The van der Waals surface area contributed by atoms with Crippen LogP contribution in [0.4, 0.5) is 0 Å². The van der Waals surface area contributed by atoms with Crippen LogP contribution in [-0.2, 0) is 4.74 Å². The molecule has 0 amide bonds. The quantitative estimate of drug-likeness (QED) is 0.805. The van der Waals surface area contributed by atoms with Gasteiger partial charge in [0.25, 0.3) is 0 Å². The van der Waals surface area contributed by atoms with E-state index >= 15 is 0 Å². The van der Waals surface area contributed by atoms with E-state index in [9.17, 15) is 0 Å². The number of likely N-dealkylation sites (tertiary alicyclic amines) is 1. The van der Waals surface area contributed by atoms with Gasteiger partial charge in [-0.1, -0.05) is 0 Å². The second-order valence-electron chi connectivity index (χ2n) is 6.12. The van der Waals surface area contributed by atoms with Crippen molar-refractivity contribution >= 4 is 0 Å². The third kappa shape index (κ3) is 3.01. The Bertz CT molecular complexity index is 249. The van der Waals surface area contributed by atoms with Crippen LogP contribution in [0.2, 0.25) is 0 Å². The molecule has 2 aliphatic heterocycles. The van der Waals surface area contributed by atoms with Crippen LogP contribution in [0.5, 0.6) is 0 Å². The Morgan fingerprint density at radius 3 is 2.59 bits per heavy atom. The molecule has 0 radical (unpaired) electrons. The molecule has 2 heterocycles. The van der Waals surface area contributed by atoms with Crippen molar-refractivity contribution in [2.45, 2.75) is 57.2 Å². The topological polar surface area (TPSA) is 24.5 Å². The van der Waals surface area contributed by atoms with Crippen LogP contribution < -0.4 is 5.32 Å². The number of hydrogen-bond acceptors (Lipinski definition) is 3. The Labute approximate surface area is 105 Å². The lowest BCUT2D eigenvalue weighted by atomic mass is 9.92. The molecule has 98 valence electrons. The average Bonchev–Trinajstić information content (AvgIpc) is 3.12. The van der Waals surface area contributed by atoms with E-state index in [1.807, 2.05) is 0 Å². The second-order valence-corrected chi connectivity index (χ2v) is 6.12. The first kappa shape index (κ1) is 11.9. The Balaban J connectivity index is 1.43. The minimum absolute atomic E-state index is 0.669. The predicted octanol–water partition coefficient (Wildman–Crippen LogP) is 1.63. The monoisotopic (exact) mass is 238 g/mol. The summed E-state index contributed by atoms with van der Waals surface area (Å²) < 4.78 is 5.44. The molecule has 0 aromatic rings. The number of hydrogen-bond donors (Lipinski definition) is 1. The SMILES string of the molecule is CC(NC1CCN(C2CC2)C1)C1CCOCC1. The van der Waals surface area contributed by atoms with Crippen molar-refractivity contribution in [1.82, 2.24) is 10.2 Å². The molecule has 17 heavy (non-hydrogen) atoms. The third-order valence-electron chi connectivity index (χ3n) is 4.75. The minimum Gasteiger partial charge on any atom is -0.381 e. The number of nitrogens with one attached hydrogen (secondary N) is 1. The summed E-state index contributed by atoms with van der Waals surface area (Å²) in [6, 6.07) is 2.36. The van der Waals surface area contributed by atoms with Crippen molar-refractivity contribution in [1.29, 1.82) is 0 Å². The van der Waals surface area contributed by atoms with Gasteiger partial charge in [0.1, 0.15) is 0 Å². The zero-order valence-electron chi connectivity index (χ0n) is 11.0. The lowest BCUT2D eigenvalue weighted by molar-refractivity contribution is 0.0545. The molecule has 0 aromatic heterocycles. The van der Waals surface area contributed by atoms with Crippen LogP contribution in [0, 0.1) is 5.92 Å². The van der Waals surface area contributed by atoms with Crippen LogP contribution in [0.3, 0.4) is 0 Å². The van der Waals surface area contributed by atoms with Gasteiger partial charge in [0.2, 0.25) is 0 Å². The van der Waals surface area contributed by atoms with Gasteiger partial charge >= 0.3 is 0 Å². The normalized spacial score (nSPS) is 34.1. The zero-order chi connectivity index (χ0) is 11.7. The molecule has 2 unspecified atom stereocenters. The molecule has 3 heteroatoms. The molecule has 3 nitrogen and oxygen atoms in total. The van der Waals surface area contributed by atoms with Crippen LogP contribution in [0.1, 0.15) is 39.0 Å². The summed E-state index contributed by atoms with van der Waals surface area (Å²) in [5.41, 5.74) is 0. The highest BCUT2D eigenvalue weighted by Gasteiger charge is 2.35. The summed E-state index contributed by atoms with van der Waals surface area (Å²) >= 11 is 0. The number of rotatable bonds is 4. The fourth-order valence-corrected chi connectivity index (χ4v) is 3.42. The molecule has 3 fully saturated rings. The van der Waals surface area contributed by atoms with E-state index in [-0.39, 0.29) is 0 Å². The van der Waals surface area contributed by atoms with Gasteiger partial charge in [-0.3, -0.25) is 4.90 Å². The maximum absolute atomic E-state index is 5.44. The molecule has 2 saturated heterocycles. The van der Waals surface area contributed by atoms with Crippen molar-refractivity contribution in [3.8, 4) is 0 Å². The number of nitrogens with zero attached hydrogens (tertiary/aromatic N) is 1. The van der Waals surface area contributed by atoms with E-state index < -0.39 is 0 Å². The fraction of sp³-hybridized carbons (Fsp3) is 1.00. The molecule has 1 saturated carbocycles. The smallest absolute Gasteiger partial charge is 0.0469 e. The van der Waals surface area contributed by atoms with Gasteiger partial charge in [-0.25, -0.2) is 0 Å². The average molecular weight is 238 g/mol. The lowest BCUT2D eigenvalue weighted by Gasteiger charge is -2.30. The maximum Gasteiger partial charge on any atom is 0.0469 e. The van der Waals surface area contributed by atoms with Gasteiger partial charge in [-0.15, -0.1) is 0 Å². The molecule has 1 N–H and O–H groups in total. The summed E-state index contributed by atoms with van der Waals surface area (Å²) in [6.07, 6.45) is 6.73. The van der Waals surface area contributed by atoms with Gasteiger partial charge in [0.15, 0.2) is 0 Å². The van der Waals surface area contributed by atoms with Crippen LogP contribution in [0.25, 0.3) is 0 Å². The summed E-state index contributed by atoms with van der Waals surface area (Å²) in [4.78, 5) is 2.69. The highest BCUT2D eigenvalue weighted by atomic mass is 16.5. The summed E-state index contributed by atoms with van der Waals surface area (Å²) in [5.74, 6) is 0.832. The van der Waals surface area contributed by atoms with Gasteiger partial charge in [0.05, 0.1) is 0 Å². The molecular formula is C14H26N2O. The highest BCUT2D eigenvalue weighted by molar-refractivity contribution is 4.93. The van der Waals surface area contributed by atoms with Crippen molar-refractivity contribution in [3.05, 3.63) is 0 Å². The molecule has 3 rings (SSSR count). The van der Waals surface area contributed by atoms with E-state index in [2.05, 4.69) is 17.1 Å². The van der Waals surface area contributed by atoms with E-state index in [0.717, 1.165) is 31.2 Å². The molecule has 1 aliphatic carbocycles. The largest absolute Gasteiger partial charge is 0.381 e. The van der Waals surface area contributed by atoms with E-state index in [0.29, 0.717) is 6.04 Å². The van der Waals surface area contributed by atoms with Gasteiger partial charge in [-0.2, -0.15) is 0 Å². The minimum atomic E-state index is 0.669.